The highest BCUT2D eigenvalue weighted by atomic mass is 15.0. The van der Waals surface area contributed by atoms with Gasteiger partial charge in [0.05, 0.1) is 23.6 Å². The number of aromatic amines is 1. The molecule has 5 N–H and O–H groups in total. The standard InChI is InChI=1S/C33H39N5/c1-32(2,3)29(34)27-18-25-17-24(15-16-26(25)37-27)22-9-7-20(8-10-22)21-11-13-23(14-12-21)28-19-36-31(38-28)30(35)33(4,5)6/h7-17,19,29-30H,18,34-35H2,1-6H3,(H,36,38)/t29-,30-/m1/s1. The zero-order chi connectivity index (χ0) is 27.2. The molecule has 0 aliphatic carbocycles. The molecular weight excluding hydrogens is 466 g/mol. The molecule has 2 heterocycles. The zero-order valence-electron chi connectivity index (χ0n) is 23.3. The third kappa shape index (κ3) is 5.22. The van der Waals surface area contributed by atoms with Crippen LogP contribution < -0.4 is 11.5 Å². The van der Waals surface area contributed by atoms with E-state index in [0.29, 0.717) is 0 Å². The number of nitrogens with zero attached hydrogens (tertiary/aromatic N) is 2. The number of aromatic nitrogens is 2. The third-order valence-electron chi connectivity index (χ3n) is 7.58. The van der Waals surface area contributed by atoms with Crippen LogP contribution in [-0.2, 0) is 6.42 Å². The van der Waals surface area contributed by atoms with Crippen LogP contribution in [-0.4, -0.2) is 21.7 Å². The van der Waals surface area contributed by atoms with Crippen molar-refractivity contribution >= 4 is 11.4 Å². The van der Waals surface area contributed by atoms with Gasteiger partial charge in [0.15, 0.2) is 0 Å². The van der Waals surface area contributed by atoms with Gasteiger partial charge in [0.2, 0.25) is 0 Å². The number of benzene rings is 3. The molecule has 4 aromatic rings. The molecule has 0 fully saturated rings. The van der Waals surface area contributed by atoms with Crippen LogP contribution >= 0.6 is 0 Å². The predicted octanol–water partition coefficient (Wildman–Crippen LogP) is 7.46. The molecule has 5 rings (SSSR count). The molecule has 0 spiro atoms. The van der Waals surface area contributed by atoms with E-state index < -0.39 is 0 Å². The van der Waals surface area contributed by atoms with Gasteiger partial charge < -0.3 is 16.5 Å². The molecule has 0 bridgehead atoms. The summed E-state index contributed by atoms with van der Waals surface area (Å²) in [4.78, 5) is 12.8. The molecule has 0 radical (unpaired) electrons. The van der Waals surface area contributed by atoms with E-state index >= 15 is 0 Å². The smallest absolute Gasteiger partial charge is 0.124 e. The molecule has 5 heteroatoms. The molecule has 0 saturated carbocycles. The normalized spacial score (nSPS) is 15.2. The maximum absolute atomic E-state index is 6.49. The summed E-state index contributed by atoms with van der Waals surface area (Å²) in [6.45, 7) is 12.9. The van der Waals surface area contributed by atoms with E-state index in [9.17, 15) is 0 Å². The maximum Gasteiger partial charge on any atom is 0.124 e. The highest BCUT2D eigenvalue weighted by Crippen LogP contribution is 2.35. The van der Waals surface area contributed by atoms with Crippen molar-refractivity contribution in [2.45, 2.75) is 60.0 Å². The fourth-order valence-electron chi connectivity index (χ4n) is 4.83. The van der Waals surface area contributed by atoms with Gasteiger partial charge >= 0.3 is 0 Å². The molecule has 0 saturated heterocycles. The first-order valence-electron chi connectivity index (χ1n) is 13.4. The molecule has 0 amide bonds. The Hall–Kier alpha value is -3.54. The predicted molar refractivity (Wildman–Crippen MR) is 160 cm³/mol. The number of imidazole rings is 1. The van der Waals surface area contributed by atoms with Gasteiger partial charge in [-0.2, -0.15) is 0 Å². The minimum atomic E-state index is -0.143. The summed E-state index contributed by atoms with van der Waals surface area (Å²) < 4.78 is 0. The van der Waals surface area contributed by atoms with Crippen molar-refractivity contribution < 1.29 is 0 Å². The second-order valence-corrected chi connectivity index (χ2v) is 12.6. The molecule has 5 nitrogen and oxygen atoms in total. The topological polar surface area (TPSA) is 93.1 Å². The van der Waals surface area contributed by atoms with Gasteiger partial charge in [-0.15, -0.1) is 0 Å². The van der Waals surface area contributed by atoms with Gasteiger partial charge in [-0.25, -0.2) is 4.98 Å². The Morgan fingerprint density at radius 2 is 1.18 bits per heavy atom. The second-order valence-electron chi connectivity index (χ2n) is 12.6. The van der Waals surface area contributed by atoms with E-state index in [1.54, 1.807) is 0 Å². The van der Waals surface area contributed by atoms with E-state index in [1.165, 1.54) is 27.8 Å². The zero-order valence-corrected chi connectivity index (χ0v) is 23.3. The lowest BCUT2D eigenvalue weighted by molar-refractivity contribution is 0.317. The van der Waals surface area contributed by atoms with Gasteiger partial charge in [-0.05, 0) is 56.3 Å². The van der Waals surface area contributed by atoms with Crippen molar-refractivity contribution in [3.8, 4) is 33.5 Å². The van der Waals surface area contributed by atoms with Crippen LogP contribution in [0.5, 0.6) is 0 Å². The van der Waals surface area contributed by atoms with Crippen molar-refractivity contribution in [2.75, 3.05) is 0 Å². The summed E-state index contributed by atoms with van der Waals surface area (Å²) in [7, 11) is 0. The number of nitrogens with one attached hydrogen (secondary N) is 1. The lowest BCUT2D eigenvalue weighted by Crippen LogP contribution is -2.42. The number of H-pyrrole nitrogens is 1. The summed E-state index contributed by atoms with van der Waals surface area (Å²) in [6, 6.07) is 23.7. The van der Waals surface area contributed by atoms with Gasteiger partial charge in [-0.1, -0.05) is 96.1 Å². The van der Waals surface area contributed by atoms with Crippen LogP contribution in [0.25, 0.3) is 33.5 Å². The highest BCUT2D eigenvalue weighted by molar-refractivity contribution is 5.98. The van der Waals surface area contributed by atoms with E-state index in [0.717, 1.165) is 34.9 Å². The number of aliphatic imine (C=N–C) groups is 1. The highest BCUT2D eigenvalue weighted by Gasteiger charge is 2.29. The van der Waals surface area contributed by atoms with Gasteiger partial charge in [0, 0.05) is 18.2 Å². The van der Waals surface area contributed by atoms with Crippen LogP contribution in [0.1, 0.15) is 59.0 Å². The van der Waals surface area contributed by atoms with Gasteiger partial charge in [0.25, 0.3) is 0 Å². The Bertz CT molecular complexity index is 1460. The Morgan fingerprint density at radius 1 is 0.684 bits per heavy atom. The lowest BCUT2D eigenvalue weighted by Gasteiger charge is -2.27. The first-order valence-corrected chi connectivity index (χ1v) is 13.4. The number of rotatable bonds is 5. The molecule has 1 aliphatic heterocycles. The van der Waals surface area contributed by atoms with Crippen molar-refractivity contribution in [3.63, 3.8) is 0 Å². The van der Waals surface area contributed by atoms with Crippen LogP contribution in [0, 0.1) is 10.8 Å². The lowest BCUT2D eigenvalue weighted by atomic mass is 9.83. The van der Waals surface area contributed by atoms with Crippen molar-refractivity contribution in [3.05, 3.63) is 84.3 Å². The fourth-order valence-corrected chi connectivity index (χ4v) is 4.83. The maximum atomic E-state index is 6.49. The summed E-state index contributed by atoms with van der Waals surface area (Å²) >= 11 is 0. The van der Waals surface area contributed by atoms with E-state index in [1.807, 2.05) is 6.20 Å². The molecule has 1 aliphatic rings. The molecule has 2 atom stereocenters. The number of hydrogen-bond acceptors (Lipinski definition) is 4. The Balaban J connectivity index is 1.30. The minimum Gasteiger partial charge on any atom is -0.341 e. The van der Waals surface area contributed by atoms with Crippen LogP contribution in [0.3, 0.4) is 0 Å². The minimum absolute atomic E-state index is 0.00118. The number of hydrogen-bond donors (Lipinski definition) is 3. The molecule has 38 heavy (non-hydrogen) atoms. The molecule has 196 valence electrons. The monoisotopic (exact) mass is 505 g/mol. The fraction of sp³-hybridized carbons (Fsp3) is 0.333. The average molecular weight is 506 g/mol. The van der Waals surface area contributed by atoms with E-state index in [4.69, 9.17) is 16.5 Å². The van der Waals surface area contributed by atoms with Gasteiger partial charge in [0.1, 0.15) is 5.82 Å². The molecule has 0 unspecified atom stereocenters. The van der Waals surface area contributed by atoms with Crippen molar-refractivity contribution in [1.29, 1.82) is 0 Å². The summed E-state index contributed by atoms with van der Waals surface area (Å²) in [5, 5.41) is 0. The number of fused-ring (bicyclic) bond motifs is 1. The van der Waals surface area contributed by atoms with Crippen LogP contribution in [0.4, 0.5) is 5.69 Å². The SMILES string of the molecule is CC(C)(C)[C@H](N)C1=Nc2ccc(-c3ccc(-c4ccc(-c5cnc([C@@H](N)C(C)(C)C)[nH]5)cc4)cc3)cc2C1. The average Bonchev–Trinajstić information content (AvgIpc) is 3.54. The van der Waals surface area contributed by atoms with Crippen LogP contribution in [0.2, 0.25) is 0 Å². The molecular formula is C33H39N5. The van der Waals surface area contributed by atoms with Crippen molar-refractivity contribution in [1.82, 2.24) is 9.97 Å². The second kappa shape index (κ2) is 9.64. The van der Waals surface area contributed by atoms with Crippen molar-refractivity contribution in [2.24, 2.45) is 27.3 Å². The molecule has 3 aromatic carbocycles. The first kappa shape index (κ1) is 26.1. The summed E-state index contributed by atoms with van der Waals surface area (Å²) in [6.07, 6.45) is 2.69. The molecule has 1 aromatic heterocycles. The summed E-state index contributed by atoms with van der Waals surface area (Å²) in [5.41, 5.74) is 23.0. The largest absolute Gasteiger partial charge is 0.341 e. The van der Waals surface area contributed by atoms with E-state index in [-0.39, 0.29) is 22.9 Å². The Morgan fingerprint density at radius 3 is 1.74 bits per heavy atom. The van der Waals surface area contributed by atoms with E-state index in [2.05, 4.69) is 118 Å². The van der Waals surface area contributed by atoms with Crippen LogP contribution in [0.15, 0.2) is 77.9 Å². The Labute approximate surface area is 226 Å². The summed E-state index contributed by atoms with van der Waals surface area (Å²) in [5.74, 6) is 0.818. The first-order chi connectivity index (χ1) is 17.9. The third-order valence-corrected chi connectivity index (χ3v) is 7.58. The number of nitrogens with two attached hydrogens (primary N) is 2. The van der Waals surface area contributed by atoms with Gasteiger partial charge in [-0.3, -0.25) is 4.99 Å². The quantitative estimate of drug-likeness (QED) is 0.263. The Kier molecular flexibility index (Phi) is 6.62.